The van der Waals surface area contributed by atoms with E-state index < -0.39 is 40.2 Å². The van der Waals surface area contributed by atoms with Crippen molar-refractivity contribution in [1.29, 1.82) is 0 Å². The van der Waals surface area contributed by atoms with Crippen molar-refractivity contribution in [2.75, 3.05) is 24.5 Å². The zero-order valence-corrected chi connectivity index (χ0v) is 24.5. The minimum absolute atomic E-state index is 0.0414. The van der Waals surface area contributed by atoms with Gasteiger partial charge in [-0.2, -0.15) is 0 Å². The Morgan fingerprint density at radius 1 is 0.881 bits per heavy atom. The first-order valence-electron chi connectivity index (χ1n) is 13.4. The van der Waals surface area contributed by atoms with Crippen molar-refractivity contribution >= 4 is 27.5 Å². The summed E-state index contributed by atoms with van der Waals surface area (Å²) in [6.45, 7) is 5.91. The first kappa shape index (κ1) is 32.5. The molecule has 0 aliphatic carbocycles. The quantitative estimate of drug-likeness (QED) is 0.248. The Morgan fingerprint density at radius 3 is 2.07 bits per heavy atom. The molecule has 0 bridgehead atoms. The monoisotopic (exact) mass is 603 g/mol. The minimum Gasteiger partial charge on any atom is -0.484 e. The molecule has 0 spiro atoms. The van der Waals surface area contributed by atoms with Gasteiger partial charge in [-0.05, 0) is 93.4 Å². The van der Waals surface area contributed by atoms with Gasteiger partial charge in [0.1, 0.15) is 23.4 Å². The zero-order valence-electron chi connectivity index (χ0n) is 23.7. The topological polar surface area (TPSA) is 114 Å². The van der Waals surface area contributed by atoms with E-state index in [0.717, 1.165) is 12.1 Å². The van der Waals surface area contributed by atoms with Crippen molar-refractivity contribution in [2.45, 2.75) is 50.8 Å². The number of ether oxygens (including phenoxy) is 2. The fraction of sp³-hybridized carbons (Fsp3) is 0.333. The van der Waals surface area contributed by atoms with E-state index >= 15 is 0 Å². The second-order valence-corrected chi connectivity index (χ2v) is 11.4. The lowest BCUT2D eigenvalue weighted by atomic mass is 10.1. The van der Waals surface area contributed by atoms with Crippen LogP contribution in [0.25, 0.3) is 0 Å². The molecule has 3 aromatic rings. The fourth-order valence-corrected chi connectivity index (χ4v) is 4.85. The minimum atomic E-state index is -3.94. The molecular weight excluding hydrogens is 568 g/mol. The van der Waals surface area contributed by atoms with Crippen LogP contribution in [-0.2, 0) is 30.9 Å². The lowest BCUT2D eigenvalue weighted by Gasteiger charge is -2.28. The van der Waals surface area contributed by atoms with Crippen molar-refractivity contribution in [2.24, 2.45) is 0 Å². The highest BCUT2D eigenvalue weighted by molar-refractivity contribution is 7.92. The fourth-order valence-electron chi connectivity index (χ4n) is 3.79. The number of hydrogen-bond donors (Lipinski definition) is 2. The molecule has 2 amide bonds. The summed E-state index contributed by atoms with van der Waals surface area (Å²) in [5, 5.41) is 2.81. The van der Waals surface area contributed by atoms with Gasteiger partial charge in [-0.25, -0.2) is 17.2 Å². The van der Waals surface area contributed by atoms with Gasteiger partial charge in [-0.1, -0.05) is 12.1 Å². The van der Waals surface area contributed by atoms with Gasteiger partial charge in [0.15, 0.2) is 6.61 Å². The molecule has 0 saturated carbocycles. The highest BCUT2D eigenvalue weighted by Gasteiger charge is 2.26. The molecule has 226 valence electrons. The van der Waals surface area contributed by atoms with Crippen molar-refractivity contribution in [3.8, 4) is 5.75 Å². The van der Waals surface area contributed by atoms with Gasteiger partial charge in [0.25, 0.3) is 15.9 Å². The molecule has 0 aliphatic rings. The number of amides is 2. The largest absolute Gasteiger partial charge is 0.484 e. The van der Waals surface area contributed by atoms with Crippen LogP contribution < -0.4 is 14.8 Å². The van der Waals surface area contributed by atoms with Gasteiger partial charge in [-0.15, -0.1) is 0 Å². The van der Waals surface area contributed by atoms with Gasteiger partial charge >= 0.3 is 0 Å². The van der Waals surface area contributed by atoms with Crippen LogP contribution in [0.5, 0.6) is 5.75 Å². The number of hydrogen-bond acceptors (Lipinski definition) is 6. The molecule has 3 aromatic carbocycles. The molecule has 0 fully saturated rings. The van der Waals surface area contributed by atoms with Gasteiger partial charge in [0.05, 0.1) is 11.0 Å². The molecule has 1 unspecified atom stereocenters. The molecule has 2 N–H and O–H groups in total. The second-order valence-electron chi connectivity index (χ2n) is 9.76. The average Bonchev–Trinajstić information content (AvgIpc) is 2.96. The Labute approximate surface area is 244 Å². The van der Waals surface area contributed by atoms with Gasteiger partial charge in [0, 0.05) is 25.4 Å². The summed E-state index contributed by atoms with van der Waals surface area (Å²) in [5.74, 6) is -1.55. The summed E-state index contributed by atoms with van der Waals surface area (Å²) >= 11 is 0. The molecule has 1 atom stereocenters. The van der Waals surface area contributed by atoms with Gasteiger partial charge < -0.3 is 19.7 Å². The number of carbonyl (C=O) groups excluding carboxylic acids is 2. The summed E-state index contributed by atoms with van der Waals surface area (Å²) in [4.78, 5) is 27.4. The van der Waals surface area contributed by atoms with E-state index in [9.17, 15) is 26.8 Å². The van der Waals surface area contributed by atoms with E-state index in [4.69, 9.17) is 9.47 Å². The Morgan fingerprint density at radius 2 is 1.48 bits per heavy atom. The number of halogens is 2. The lowest BCUT2D eigenvalue weighted by Crippen LogP contribution is -2.49. The van der Waals surface area contributed by atoms with E-state index in [1.807, 2.05) is 13.8 Å². The van der Waals surface area contributed by atoms with Crippen LogP contribution in [0.4, 0.5) is 14.5 Å². The first-order valence-corrected chi connectivity index (χ1v) is 14.9. The summed E-state index contributed by atoms with van der Waals surface area (Å²) in [6, 6.07) is 15.0. The van der Waals surface area contributed by atoms with E-state index in [2.05, 4.69) is 10.0 Å². The van der Waals surface area contributed by atoms with E-state index in [-0.39, 0.29) is 34.9 Å². The van der Waals surface area contributed by atoms with Crippen LogP contribution in [0.15, 0.2) is 77.7 Å². The van der Waals surface area contributed by atoms with Crippen LogP contribution in [0, 0.1) is 11.6 Å². The van der Waals surface area contributed by atoms with E-state index in [1.54, 1.807) is 6.92 Å². The standard InChI is InChI=1S/C30H35F2N3O6S/c1-21(2)40-18-4-17-33-30(37)22(3)35(19-23-5-7-24(31)8-6-23)29(36)20-41-27-13-15-28(16-14-27)42(38,39)34-26-11-9-25(32)10-12-26/h5-16,21-22,34H,4,17-20H2,1-3H3,(H,33,37). The van der Waals surface area contributed by atoms with Crippen LogP contribution in [0.3, 0.4) is 0 Å². The van der Waals surface area contributed by atoms with Crippen molar-refractivity contribution in [3.63, 3.8) is 0 Å². The normalized spacial score (nSPS) is 12.0. The van der Waals surface area contributed by atoms with Gasteiger partial charge in [-0.3, -0.25) is 14.3 Å². The Balaban J connectivity index is 1.63. The first-order chi connectivity index (χ1) is 19.9. The van der Waals surface area contributed by atoms with Crippen molar-refractivity contribution in [3.05, 3.63) is 90.0 Å². The SMILES string of the molecule is CC(C)OCCCNC(=O)C(C)N(Cc1ccc(F)cc1)C(=O)COc1ccc(S(=O)(=O)Nc2ccc(F)cc2)cc1. The number of nitrogens with zero attached hydrogens (tertiary/aromatic N) is 1. The molecular formula is C30H35F2N3O6S. The number of carbonyl (C=O) groups is 2. The molecule has 0 aromatic heterocycles. The summed E-state index contributed by atoms with van der Waals surface area (Å²) < 4.78 is 65.3. The van der Waals surface area contributed by atoms with Crippen LogP contribution in [-0.4, -0.2) is 57.0 Å². The summed E-state index contributed by atoms with van der Waals surface area (Å²) in [7, 11) is -3.94. The third-order valence-electron chi connectivity index (χ3n) is 6.10. The Hall–Kier alpha value is -4.03. The Kier molecular flexibility index (Phi) is 11.8. The lowest BCUT2D eigenvalue weighted by molar-refractivity contribution is -0.142. The molecule has 0 aliphatic heterocycles. The summed E-state index contributed by atoms with van der Waals surface area (Å²) in [6.07, 6.45) is 0.693. The van der Waals surface area contributed by atoms with Crippen LogP contribution in [0.2, 0.25) is 0 Å². The number of benzene rings is 3. The third-order valence-corrected chi connectivity index (χ3v) is 7.49. The smallest absolute Gasteiger partial charge is 0.261 e. The number of nitrogens with one attached hydrogen (secondary N) is 2. The molecule has 0 heterocycles. The highest BCUT2D eigenvalue weighted by atomic mass is 32.2. The van der Waals surface area contributed by atoms with E-state index in [1.165, 1.54) is 65.6 Å². The zero-order chi connectivity index (χ0) is 30.7. The highest BCUT2D eigenvalue weighted by Crippen LogP contribution is 2.20. The predicted octanol–water partition coefficient (Wildman–Crippen LogP) is 4.49. The third kappa shape index (κ3) is 10.1. The number of sulfonamides is 1. The summed E-state index contributed by atoms with van der Waals surface area (Å²) in [5.41, 5.74) is 0.823. The van der Waals surface area contributed by atoms with Crippen molar-refractivity contribution in [1.82, 2.24) is 10.2 Å². The molecule has 0 saturated heterocycles. The second kappa shape index (κ2) is 15.3. The maximum absolute atomic E-state index is 13.4. The van der Waals surface area contributed by atoms with E-state index in [0.29, 0.717) is 25.1 Å². The average molecular weight is 604 g/mol. The van der Waals surface area contributed by atoms with Gasteiger partial charge in [0.2, 0.25) is 5.91 Å². The molecule has 0 radical (unpaired) electrons. The molecule has 9 nitrogen and oxygen atoms in total. The maximum atomic E-state index is 13.4. The molecule has 3 rings (SSSR count). The van der Waals surface area contributed by atoms with Crippen molar-refractivity contribution < 1.29 is 36.3 Å². The predicted molar refractivity (Wildman–Crippen MR) is 154 cm³/mol. The molecule has 12 heteroatoms. The Bertz CT molecular complexity index is 1420. The maximum Gasteiger partial charge on any atom is 0.261 e. The van der Waals surface area contributed by atoms with Crippen LogP contribution >= 0.6 is 0 Å². The van der Waals surface area contributed by atoms with Crippen LogP contribution in [0.1, 0.15) is 32.8 Å². The number of rotatable bonds is 15. The molecule has 42 heavy (non-hydrogen) atoms. The number of anilines is 1.